The van der Waals surface area contributed by atoms with Crippen LogP contribution in [-0.4, -0.2) is 30.1 Å². The third-order valence-electron chi connectivity index (χ3n) is 2.59. The Bertz CT molecular complexity index is 254. The number of carbonyl (C=O) groups excluding carboxylic acids is 1. The van der Waals surface area contributed by atoms with Gasteiger partial charge < -0.3 is 16.2 Å². The van der Waals surface area contributed by atoms with E-state index in [1.165, 1.54) is 0 Å². The fraction of sp³-hybridized carbons (Fsp3) is 0.833. The number of rotatable bonds is 8. The third-order valence-corrected chi connectivity index (χ3v) is 2.59. The van der Waals surface area contributed by atoms with Crippen LogP contribution in [0.4, 0.5) is 0 Å². The summed E-state index contributed by atoms with van der Waals surface area (Å²) in [4.78, 5) is 22.4. The first-order valence-electron chi connectivity index (χ1n) is 6.06. The molecule has 0 fully saturated rings. The van der Waals surface area contributed by atoms with Gasteiger partial charge in [0.05, 0.1) is 5.92 Å². The summed E-state index contributed by atoms with van der Waals surface area (Å²) in [5.41, 5.74) is 5.42. The molecule has 0 spiro atoms. The van der Waals surface area contributed by atoms with Gasteiger partial charge in [0, 0.05) is 13.0 Å². The molecule has 5 nitrogen and oxygen atoms in total. The normalized spacial score (nSPS) is 14.4. The Labute approximate surface area is 103 Å². The van der Waals surface area contributed by atoms with Gasteiger partial charge in [-0.1, -0.05) is 20.8 Å². The van der Waals surface area contributed by atoms with Crippen molar-refractivity contribution in [2.75, 3.05) is 13.1 Å². The van der Waals surface area contributed by atoms with Gasteiger partial charge in [0.2, 0.25) is 5.91 Å². The SMILES string of the molecule is CC(C)CC(CNC(=O)CC(C)CN)C(=O)O. The number of carbonyl (C=O) groups is 2. The standard InChI is InChI=1S/C12H24N2O3/c1-8(2)4-10(12(16)17)7-14-11(15)5-9(3)6-13/h8-10H,4-7,13H2,1-3H3,(H,14,15)(H,16,17). The molecule has 0 aliphatic heterocycles. The Morgan fingerprint density at radius 3 is 2.29 bits per heavy atom. The summed E-state index contributed by atoms with van der Waals surface area (Å²) >= 11 is 0. The average Bonchev–Trinajstić information content (AvgIpc) is 2.23. The molecular formula is C12H24N2O3. The van der Waals surface area contributed by atoms with Gasteiger partial charge in [-0.2, -0.15) is 0 Å². The van der Waals surface area contributed by atoms with Gasteiger partial charge in [-0.15, -0.1) is 0 Å². The Kier molecular flexibility index (Phi) is 7.54. The van der Waals surface area contributed by atoms with Crippen LogP contribution in [0.15, 0.2) is 0 Å². The highest BCUT2D eigenvalue weighted by molar-refractivity contribution is 5.77. The lowest BCUT2D eigenvalue weighted by Gasteiger charge is -2.16. The van der Waals surface area contributed by atoms with Crippen molar-refractivity contribution >= 4 is 11.9 Å². The average molecular weight is 244 g/mol. The van der Waals surface area contributed by atoms with E-state index < -0.39 is 11.9 Å². The van der Waals surface area contributed by atoms with Crippen molar-refractivity contribution in [1.29, 1.82) is 0 Å². The Morgan fingerprint density at radius 2 is 1.88 bits per heavy atom. The number of carboxylic acid groups (broad SMARTS) is 1. The number of carboxylic acids is 1. The van der Waals surface area contributed by atoms with E-state index in [9.17, 15) is 9.59 Å². The van der Waals surface area contributed by atoms with Gasteiger partial charge in [0.1, 0.15) is 0 Å². The molecule has 0 aromatic heterocycles. The second-order valence-corrected chi connectivity index (χ2v) is 5.01. The van der Waals surface area contributed by atoms with Gasteiger partial charge in [0.15, 0.2) is 0 Å². The van der Waals surface area contributed by atoms with Crippen molar-refractivity contribution in [3.8, 4) is 0 Å². The van der Waals surface area contributed by atoms with Crippen LogP contribution in [0.5, 0.6) is 0 Å². The molecule has 2 unspecified atom stereocenters. The van der Waals surface area contributed by atoms with Gasteiger partial charge in [-0.3, -0.25) is 9.59 Å². The van der Waals surface area contributed by atoms with E-state index in [2.05, 4.69) is 5.32 Å². The second-order valence-electron chi connectivity index (χ2n) is 5.01. The van der Waals surface area contributed by atoms with E-state index in [1.807, 2.05) is 20.8 Å². The molecule has 0 aromatic rings. The second kappa shape index (κ2) is 8.06. The maximum absolute atomic E-state index is 11.5. The largest absolute Gasteiger partial charge is 0.481 e. The first kappa shape index (κ1) is 15.9. The fourth-order valence-electron chi connectivity index (χ4n) is 1.55. The molecule has 0 heterocycles. The van der Waals surface area contributed by atoms with Crippen molar-refractivity contribution < 1.29 is 14.7 Å². The Morgan fingerprint density at radius 1 is 1.29 bits per heavy atom. The highest BCUT2D eigenvalue weighted by atomic mass is 16.4. The van der Waals surface area contributed by atoms with Crippen LogP contribution >= 0.6 is 0 Å². The molecule has 5 heteroatoms. The lowest BCUT2D eigenvalue weighted by molar-refractivity contribution is -0.142. The van der Waals surface area contributed by atoms with Gasteiger partial charge in [-0.25, -0.2) is 0 Å². The van der Waals surface area contributed by atoms with E-state index in [4.69, 9.17) is 10.8 Å². The predicted octanol–water partition coefficient (Wildman–Crippen LogP) is 0.834. The molecule has 0 radical (unpaired) electrons. The molecule has 0 aliphatic carbocycles. The molecule has 0 rings (SSSR count). The molecule has 0 saturated carbocycles. The minimum atomic E-state index is -0.856. The van der Waals surface area contributed by atoms with Crippen molar-refractivity contribution in [3.05, 3.63) is 0 Å². The minimum Gasteiger partial charge on any atom is -0.481 e. The number of amides is 1. The molecule has 0 aliphatic rings. The zero-order valence-corrected chi connectivity index (χ0v) is 10.9. The monoisotopic (exact) mass is 244 g/mol. The molecule has 4 N–H and O–H groups in total. The van der Waals surface area contributed by atoms with E-state index >= 15 is 0 Å². The van der Waals surface area contributed by atoms with Gasteiger partial charge in [0.25, 0.3) is 0 Å². The van der Waals surface area contributed by atoms with Crippen molar-refractivity contribution in [2.45, 2.75) is 33.6 Å². The number of hydrogen-bond donors (Lipinski definition) is 3. The first-order chi connectivity index (χ1) is 7.86. The highest BCUT2D eigenvalue weighted by Gasteiger charge is 2.19. The van der Waals surface area contributed by atoms with Crippen molar-refractivity contribution in [1.82, 2.24) is 5.32 Å². The number of aliphatic carboxylic acids is 1. The van der Waals surface area contributed by atoms with Crippen LogP contribution in [0.25, 0.3) is 0 Å². The summed E-state index contributed by atoms with van der Waals surface area (Å²) in [6.07, 6.45) is 0.923. The highest BCUT2D eigenvalue weighted by Crippen LogP contribution is 2.11. The quantitative estimate of drug-likeness (QED) is 0.589. The van der Waals surface area contributed by atoms with E-state index in [0.29, 0.717) is 25.3 Å². The number of nitrogens with two attached hydrogens (primary N) is 1. The molecule has 0 aromatic carbocycles. The minimum absolute atomic E-state index is 0.127. The molecule has 2 atom stereocenters. The van der Waals surface area contributed by atoms with Crippen molar-refractivity contribution in [2.24, 2.45) is 23.5 Å². The summed E-state index contributed by atoms with van der Waals surface area (Å²) in [6.45, 7) is 6.48. The lowest BCUT2D eigenvalue weighted by atomic mass is 9.97. The van der Waals surface area contributed by atoms with Crippen LogP contribution in [-0.2, 0) is 9.59 Å². The molecule has 0 bridgehead atoms. The Hall–Kier alpha value is -1.10. The first-order valence-corrected chi connectivity index (χ1v) is 6.06. The maximum Gasteiger partial charge on any atom is 0.308 e. The summed E-state index contributed by atoms with van der Waals surface area (Å²) in [5.74, 6) is -1.06. The molecule has 0 saturated heterocycles. The van der Waals surface area contributed by atoms with Crippen LogP contribution in [0.1, 0.15) is 33.6 Å². The van der Waals surface area contributed by atoms with Crippen LogP contribution < -0.4 is 11.1 Å². The number of nitrogens with one attached hydrogen (secondary N) is 1. The van der Waals surface area contributed by atoms with E-state index in [-0.39, 0.29) is 18.4 Å². The van der Waals surface area contributed by atoms with Crippen molar-refractivity contribution in [3.63, 3.8) is 0 Å². The van der Waals surface area contributed by atoms with Crippen LogP contribution in [0.2, 0.25) is 0 Å². The predicted molar refractivity (Wildman–Crippen MR) is 66.4 cm³/mol. The van der Waals surface area contributed by atoms with Gasteiger partial charge >= 0.3 is 5.97 Å². The summed E-state index contributed by atoms with van der Waals surface area (Å²) in [6, 6.07) is 0. The summed E-state index contributed by atoms with van der Waals surface area (Å²) in [7, 11) is 0. The fourth-order valence-corrected chi connectivity index (χ4v) is 1.55. The van der Waals surface area contributed by atoms with Gasteiger partial charge in [-0.05, 0) is 24.8 Å². The Balaban J connectivity index is 4.04. The smallest absolute Gasteiger partial charge is 0.308 e. The summed E-state index contributed by atoms with van der Waals surface area (Å²) in [5, 5.41) is 11.7. The van der Waals surface area contributed by atoms with E-state index in [0.717, 1.165) is 0 Å². The molecule has 1 amide bonds. The molecule has 17 heavy (non-hydrogen) atoms. The maximum atomic E-state index is 11.5. The topological polar surface area (TPSA) is 92.4 Å². The molecular weight excluding hydrogens is 220 g/mol. The van der Waals surface area contributed by atoms with Crippen LogP contribution in [0.3, 0.4) is 0 Å². The lowest BCUT2D eigenvalue weighted by Crippen LogP contribution is -2.34. The zero-order valence-electron chi connectivity index (χ0n) is 10.9. The summed E-state index contributed by atoms with van der Waals surface area (Å²) < 4.78 is 0. The zero-order chi connectivity index (χ0) is 13.4. The third kappa shape index (κ3) is 7.74. The molecule has 100 valence electrons. The van der Waals surface area contributed by atoms with E-state index in [1.54, 1.807) is 0 Å². The van der Waals surface area contributed by atoms with Crippen LogP contribution in [0, 0.1) is 17.8 Å². The number of hydrogen-bond acceptors (Lipinski definition) is 3.